The third-order valence-corrected chi connectivity index (χ3v) is 3.87. The van der Waals surface area contributed by atoms with Gasteiger partial charge in [-0.05, 0) is 18.6 Å². The van der Waals surface area contributed by atoms with E-state index in [-0.39, 0.29) is 5.91 Å². The van der Waals surface area contributed by atoms with Crippen LogP contribution >= 0.6 is 0 Å². The highest BCUT2D eigenvalue weighted by molar-refractivity contribution is 5.93. The van der Waals surface area contributed by atoms with Crippen LogP contribution < -0.4 is 10.2 Å². The van der Waals surface area contributed by atoms with Crippen molar-refractivity contribution in [2.24, 2.45) is 0 Å². The van der Waals surface area contributed by atoms with E-state index in [4.69, 9.17) is 0 Å². The summed E-state index contributed by atoms with van der Waals surface area (Å²) in [5, 5.41) is 2.91. The highest BCUT2D eigenvalue weighted by Crippen LogP contribution is 2.16. The first-order valence-corrected chi connectivity index (χ1v) is 7.93. The maximum absolute atomic E-state index is 12.1. The van der Waals surface area contributed by atoms with Gasteiger partial charge in [-0.1, -0.05) is 19.8 Å². The van der Waals surface area contributed by atoms with Crippen molar-refractivity contribution in [3.05, 3.63) is 24.0 Å². The molecule has 2 rings (SSSR count). The van der Waals surface area contributed by atoms with Gasteiger partial charge in [0.05, 0.1) is 0 Å². The molecular weight excluding hydrogens is 280 g/mol. The number of hydrogen-bond acceptors (Lipinski definition) is 4. The monoisotopic (exact) mass is 304 g/mol. The van der Waals surface area contributed by atoms with Crippen molar-refractivity contribution in [1.29, 1.82) is 0 Å². The summed E-state index contributed by atoms with van der Waals surface area (Å²) in [6.45, 7) is 5.81. The number of pyridine rings is 1. The topological polar surface area (TPSA) is 65.5 Å². The van der Waals surface area contributed by atoms with Crippen molar-refractivity contribution >= 4 is 18.0 Å². The number of anilines is 1. The minimum absolute atomic E-state index is 0.121. The average molecular weight is 304 g/mol. The van der Waals surface area contributed by atoms with E-state index < -0.39 is 0 Å². The summed E-state index contributed by atoms with van der Waals surface area (Å²) in [4.78, 5) is 30.9. The van der Waals surface area contributed by atoms with Gasteiger partial charge in [0.2, 0.25) is 6.41 Å². The molecule has 22 heavy (non-hydrogen) atoms. The van der Waals surface area contributed by atoms with Crippen molar-refractivity contribution < 1.29 is 9.59 Å². The number of piperazine rings is 1. The van der Waals surface area contributed by atoms with E-state index in [1.54, 1.807) is 11.1 Å². The zero-order chi connectivity index (χ0) is 15.8. The molecule has 1 aromatic rings. The van der Waals surface area contributed by atoms with Gasteiger partial charge in [-0.15, -0.1) is 0 Å². The molecule has 2 amide bonds. The van der Waals surface area contributed by atoms with Crippen molar-refractivity contribution in [3.8, 4) is 0 Å². The van der Waals surface area contributed by atoms with Gasteiger partial charge < -0.3 is 15.1 Å². The van der Waals surface area contributed by atoms with E-state index in [1.807, 2.05) is 12.1 Å². The van der Waals surface area contributed by atoms with Crippen LogP contribution in [0.15, 0.2) is 18.3 Å². The quantitative estimate of drug-likeness (QED) is 0.609. The first-order chi connectivity index (χ1) is 10.7. The number of hydrogen-bond donors (Lipinski definition) is 1. The van der Waals surface area contributed by atoms with Crippen molar-refractivity contribution in [2.75, 3.05) is 37.6 Å². The molecule has 1 N–H and O–H groups in total. The Balaban J connectivity index is 1.92. The second kappa shape index (κ2) is 8.36. The van der Waals surface area contributed by atoms with Crippen molar-refractivity contribution in [1.82, 2.24) is 15.2 Å². The first-order valence-electron chi connectivity index (χ1n) is 7.93. The summed E-state index contributed by atoms with van der Waals surface area (Å²) in [5.41, 5.74) is 1.44. The van der Waals surface area contributed by atoms with Gasteiger partial charge in [-0.25, -0.2) is 0 Å². The Hall–Kier alpha value is -2.11. The summed E-state index contributed by atoms with van der Waals surface area (Å²) in [6.07, 6.45) is 5.81. The summed E-state index contributed by atoms with van der Waals surface area (Å²) in [6, 6.07) is 3.73. The highest BCUT2D eigenvalue weighted by atomic mass is 16.2. The molecule has 120 valence electrons. The molecule has 0 unspecified atom stereocenters. The van der Waals surface area contributed by atoms with Crippen LogP contribution in [-0.2, 0) is 4.79 Å². The highest BCUT2D eigenvalue weighted by Gasteiger charge is 2.17. The van der Waals surface area contributed by atoms with Gasteiger partial charge in [0.15, 0.2) is 0 Å². The molecule has 1 fully saturated rings. The zero-order valence-corrected chi connectivity index (χ0v) is 13.1. The maximum Gasteiger partial charge on any atom is 0.269 e. The second-order valence-corrected chi connectivity index (χ2v) is 5.49. The molecule has 1 aromatic heterocycles. The average Bonchev–Trinajstić information content (AvgIpc) is 2.59. The third-order valence-electron chi connectivity index (χ3n) is 3.87. The number of unbranched alkanes of at least 4 members (excludes halogenated alkanes) is 2. The Bertz CT molecular complexity index is 499. The fourth-order valence-corrected chi connectivity index (χ4v) is 2.49. The summed E-state index contributed by atoms with van der Waals surface area (Å²) < 4.78 is 0. The molecule has 0 radical (unpaired) electrons. The van der Waals surface area contributed by atoms with E-state index in [2.05, 4.69) is 22.1 Å². The van der Waals surface area contributed by atoms with Gasteiger partial charge in [-0.3, -0.25) is 14.6 Å². The maximum atomic E-state index is 12.1. The lowest BCUT2D eigenvalue weighted by Gasteiger charge is -2.34. The molecule has 0 bridgehead atoms. The molecule has 2 heterocycles. The van der Waals surface area contributed by atoms with Crippen LogP contribution in [0.1, 0.15) is 36.7 Å². The lowest BCUT2D eigenvalue weighted by atomic mass is 10.2. The predicted octanol–water partition coefficient (Wildman–Crippen LogP) is 1.28. The molecule has 0 aromatic carbocycles. The minimum Gasteiger partial charge on any atom is -0.368 e. The van der Waals surface area contributed by atoms with Gasteiger partial charge in [0, 0.05) is 44.6 Å². The van der Waals surface area contributed by atoms with E-state index in [1.165, 1.54) is 0 Å². The molecule has 6 nitrogen and oxygen atoms in total. The van der Waals surface area contributed by atoms with Gasteiger partial charge in [0.1, 0.15) is 5.69 Å². The van der Waals surface area contributed by atoms with Gasteiger partial charge in [-0.2, -0.15) is 0 Å². The van der Waals surface area contributed by atoms with E-state index in [0.29, 0.717) is 25.3 Å². The van der Waals surface area contributed by atoms with Crippen LogP contribution in [0.5, 0.6) is 0 Å². The second-order valence-electron chi connectivity index (χ2n) is 5.49. The Kier molecular flexibility index (Phi) is 6.18. The standard InChI is InChI=1S/C16H24N4O2/c1-2-3-4-6-18-16(22)15-12-14(5-7-17-15)20-10-8-19(13-21)9-11-20/h5,7,12-13H,2-4,6,8-11H2,1H3,(H,18,22). The Morgan fingerprint density at radius 2 is 2.09 bits per heavy atom. The van der Waals surface area contributed by atoms with E-state index in [9.17, 15) is 9.59 Å². The number of carbonyl (C=O) groups excluding carboxylic acids is 2. The number of carbonyl (C=O) groups is 2. The van der Waals surface area contributed by atoms with Crippen LogP contribution in [0.4, 0.5) is 5.69 Å². The van der Waals surface area contributed by atoms with Crippen molar-refractivity contribution in [3.63, 3.8) is 0 Å². The van der Waals surface area contributed by atoms with Crippen molar-refractivity contribution in [2.45, 2.75) is 26.2 Å². The summed E-state index contributed by atoms with van der Waals surface area (Å²) >= 11 is 0. The molecule has 1 aliphatic rings. The molecule has 6 heteroatoms. The van der Waals surface area contributed by atoms with Crippen LogP contribution in [0.25, 0.3) is 0 Å². The number of rotatable bonds is 7. The van der Waals surface area contributed by atoms with Gasteiger partial charge in [0.25, 0.3) is 5.91 Å². The molecule has 0 saturated carbocycles. The fraction of sp³-hybridized carbons (Fsp3) is 0.562. The fourth-order valence-electron chi connectivity index (χ4n) is 2.49. The van der Waals surface area contributed by atoms with Crippen LogP contribution in [0, 0.1) is 0 Å². The predicted molar refractivity (Wildman–Crippen MR) is 85.9 cm³/mol. The summed E-state index contributed by atoms with van der Waals surface area (Å²) in [5.74, 6) is -0.121. The minimum atomic E-state index is -0.121. The number of nitrogens with zero attached hydrogens (tertiary/aromatic N) is 3. The SMILES string of the molecule is CCCCCNC(=O)c1cc(N2CCN(C=O)CC2)ccn1. The van der Waals surface area contributed by atoms with Crippen LogP contribution in [0.2, 0.25) is 0 Å². The molecule has 0 aliphatic carbocycles. The first kappa shape index (κ1) is 16.3. The summed E-state index contributed by atoms with van der Waals surface area (Å²) in [7, 11) is 0. The largest absolute Gasteiger partial charge is 0.368 e. The Morgan fingerprint density at radius 1 is 1.32 bits per heavy atom. The lowest BCUT2D eigenvalue weighted by Crippen LogP contribution is -2.45. The molecule has 1 saturated heterocycles. The van der Waals surface area contributed by atoms with E-state index >= 15 is 0 Å². The number of amides is 2. The molecule has 1 aliphatic heterocycles. The van der Waals surface area contributed by atoms with Crippen LogP contribution in [0.3, 0.4) is 0 Å². The van der Waals surface area contributed by atoms with E-state index in [0.717, 1.165) is 44.4 Å². The number of nitrogens with one attached hydrogen (secondary N) is 1. The molecular formula is C16H24N4O2. The molecule has 0 spiro atoms. The molecule has 0 atom stereocenters. The lowest BCUT2D eigenvalue weighted by molar-refractivity contribution is -0.118. The Labute approximate surface area is 131 Å². The normalized spacial score (nSPS) is 14.8. The van der Waals surface area contributed by atoms with Gasteiger partial charge >= 0.3 is 0 Å². The zero-order valence-electron chi connectivity index (χ0n) is 13.1. The smallest absolute Gasteiger partial charge is 0.269 e. The Morgan fingerprint density at radius 3 is 2.77 bits per heavy atom. The number of aromatic nitrogens is 1. The van der Waals surface area contributed by atoms with Crippen LogP contribution in [-0.4, -0.2) is 54.9 Å². The third kappa shape index (κ3) is 4.44.